The fraction of sp³-hybridized carbons (Fsp3) is 0.154. The van der Waals surface area contributed by atoms with E-state index >= 15 is 0 Å². The summed E-state index contributed by atoms with van der Waals surface area (Å²) in [5.41, 5.74) is 0.533. The van der Waals surface area contributed by atoms with Crippen LogP contribution >= 0.6 is 0 Å². The Balaban J connectivity index is 2.08. The van der Waals surface area contributed by atoms with Crippen LogP contribution in [0.15, 0.2) is 40.8 Å². The van der Waals surface area contributed by atoms with E-state index in [1.165, 1.54) is 0 Å². The molecular formula is C13H11NO2. The highest BCUT2D eigenvalue weighted by Gasteiger charge is 2.03. The topological polar surface area (TPSA) is 46.2 Å². The van der Waals surface area contributed by atoms with E-state index in [2.05, 4.69) is 6.07 Å². The molecule has 2 aromatic rings. The summed E-state index contributed by atoms with van der Waals surface area (Å²) >= 11 is 0. The second kappa shape index (κ2) is 4.54. The van der Waals surface area contributed by atoms with E-state index < -0.39 is 0 Å². The van der Waals surface area contributed by atoms with Crippen LogP contribution in [-0.2, 0) is 6.61 Å². The summed E-state index contributed by atoms with van der Waals surface area (Å²) < 4.78 is 10.9. The van der Waals surface area contributed by atoms with Crippen LogP contribution in [0.5, 0.6) is 5.75 Å². The number of nitrogens with zero attached hydrogens (tertiary/aromatic N) is 1. The van der Waals surface area contributed by atoms with Gasteiger partial charge in [0.2, 0.25) is 0 Å². The summed E-state index contributed by atoms with van der Waals surface area (Å²) in [5, 5.41) is 8.87. The number of ether oxygens (including phenoxy) is 1. The van der Waals surface area contributed by atoms with Crippen molar-refractivity contribution in [2.24, 2.45) is 0 Å². The zero-order valence-corrected chi connectivity index (χ0v) is 8.93. The molecule has 0 saturated carbocycles. The van der Waals surface area contributed by atoms with Crippen LogP contribution in [0.4, 0.5) is 0 Å². The molecule has 16 heavy (non-hydrogen) atoms. The van der Waals surface area contributed by atoms with Crippen LogP contribution in [0.25, 0.3) is 0 Å². The average Bonchev–Trinajstić information content (AvgIpc) is 2.73. The average molecular weight is 213 g/mol. The maximum absolute atomic E-state index is 8.87. The van der Waals surface area contributed by atoms with E-state index in [0.717, 1.165) is 11.5 Å². The van der Waals surface area contributed by atoms with Gasteiger partial charge >= 0.3 is 0 Å². The molecule has 80 valence electrons. The number of nitriles is 1. The lowest BCUT2D eigenvalue weighted by atomic mass is 10.2. The molecular weight excluding hydrogens is 202 g/mol. The molecule has 0 spiro atoms. The van der Waals surface area contributed by atoms with Gasteiger partial charge in [0.25, 0.3) is 0 Å². The van der Waals surface area contributed by atoms with Crippen molar-refractivity contribution >= 4 is 0 Å². The fourth-order valence-electron chi connectivity index (χ4n) is 1.40. The zero-order chi connectivity index (χ0) is 11.4. The van der Waals surface area contributed by atoms with Crippen molar-refractivity contribution in [2.45, 2.75) is 13.5 Å². The third kappa shape index (κ3) is 2.23. The molecule has 0 saturated heterocycles. The molecule has 0 aliphatic heterocycles. The molecule has 1 aromatic carbocycles. The van der Waals surface area contributed by atoms with Gasteiger partial charge in [-0.2, -0.15) is 5.26 Å². The van der Waals surface area contributed by atoms with Crippen LogP contribution < -0.4 is 4.74 Å². The number of aryl methyl sites for hydroxylation is 1. The first-order valence-corrected chi connectivity index (χ1v) is 4.97. The molecule has 0 bridgehead atoms. The first-order valence-electron chi connectivity index (χ1n) is 4.97. The van der Waals surface area contributed by atoms with Gasteiger partial charge in [0.1, 0.15) is 29.9 Å². The predicted octanol–water partition coefficient (Wildman–Crippen LogP) is 3.04. The first kappa shape index (κ1) is 10.3. The molecule has 1 aromatic heterocycles. The maximum atomic E-state index is 8.87. The summed E-state index contributed by atoms with van der Waals surface area (Å²) in [6.45, 7) is 2.22. The second-order valence-corrected chi connectivity index (χ2v) is 3.41. The van der Waals surface area contributed by atoms with Crippen molar-refractivity contribution < 1.29 is 9.15 Å². The molecule has 0 atom stereocenters. The third-order valence-corrected chi connectivity index (χ3v) is 2.17. The van der Waals surface area contributed by atoms with Crippen LogP contribution in [0.2, 0.25) is 0 Å². The second-order valence-electron chi connectivity index (χ2n) is 3.41. The number of hydrogen-bond donors (Lipinski definition) is 0. The highest BCUT2D eigenvalue weighted by atomic mass is 16.5. The fourth-order valence-corrected chi connectivity index (χ4v) is 1.40. The van der Waals surface area contributed by atoms with Crippen LogP contribution in [0.3, 0.4) is 0 Å². The minimum absolute atomic E-state index is 0.340. The van der Waals surface area contributed by atoms with Gasteiger partial charge < -0.3 is 9.15 Å². The molecule has 0 radical (unpaired) electrons. The van der Waals surface area contributed by atoms with Gasteiger partial charge in [0.15, 0.2) is 0 Å². The zero-order valence-electron chi connectivity index (χ0n) is 8.93. The van der Waals surface area contributed by atoms with E-state index in [1.807, 2.05) is 31.2 Å². The first-order chi connectivity index (χ1) is 7.79. The van der Waals surface area contributed by atoms with Gasteiger partial charge in [0, 0.05) is 0 Å². The maximum Gasteiger partial charge on any atom is 0.146 e. The summed E-state index contributed by atoms with van der Waals surface area (Å²) in [7, 11) is 0. The molecule has 0 N–H and O–H groups in total. The number of hydrogen-bond acceptors (Lipinski definition) is 3. The standard InChI is InChI=1S/C13H11NO2/c1-10-6-7-12(16-10)9-15-13-5-3-2-4-11(13)8-14/h2-7H,9H2,1H3. The van der Waals surface area contributed by atoms with E-state index in [1.54, 1.807) is 12.1 Å². The largest absolute Gasteiger partial charge is 0.484 e. The van der Waals surface area contributed by atoms with Crippen molar-refractivity contribution in [3.8, 4) is 11.8 Å². The van der Waals surface area contributed by atoms with Crippen molar-refractivity contribution in [2.75, 3.05) is 0 Å². The van der Waals surface area contributed by atoms with Gasteiger partial charge in [-0.1, -0.05) is 12.1 Å². The molecule has 0 fully saturated rings. The Bertz CT molecular complexity index is 523. The van der Waals surface area contributed by atoms with Gasteiger partial charge in [-0.25, -0.2) is 0 Å². The molecule has 0 unspecified atom stereocenters. The van der Waals surface area contributed by atoms with E-state index in [-0.39, 0.29) is 0 Å². The summed E-state index contributed by atoms with van der Waals surface area (Å²) in [6, 6.07) is 13.0. The third-order valence-electron chi connectivity index (χ3n) is 2.17. The van der Waals surface area contributed by atoms with Crippen molar-refractivity contribution in [3.05, 3.63) is 53.5 Å². The lowest BCUT2D eigenvalue weighted by Crippen LogP contribution is -1.95. The van der Waals surface area contributed by atoms with Gasteiger partial charge in [-0.3, -0.25) is 0 Å². The number of para-hydroxylation sites is 1. The van der Waals surface area contributed by atoms with E-state index in [4.69, 9.17) is 14.4 Å². The Hall–Kier alpha value is -2.21. The Kier molecular flexibility index (Phi) is 2.93. The van der Waals surface area contributed by atoms with Crippen molar-refractivity contribution in [1.29, 1.82) is 5.26 Å². The van der Waals surface area contributed by atoms with Gasteiger partial charge in [-0.15, -0.1) is 0 Å². The summed E-state index contributed by atoms with van der Waals surface area (Å²) in [6.07, 6.45) is 0. The van der Waals surface area contributed by atoms with Crippen LogP contribution in [-0.4, -0.2) is 0 Å². The number of furan rings is 1. The Morgan fingerprint density at radius 1 is 1.25 bits per heavy atom. The lowest BCUT2D eigenvalue weighted by molar-refractivity contribution is 0.267. The molecule has 0 amide bonds. The molecule has 0 aliphatic rings. The van der Waals surface area contributed by atoms with Gasteiger partial charge in [-0.05, 0) is 31.2 Å². The Morgan fingerprint density at radius 3 is 2.75 bits per heavy atom. The summed E-state index contributed by atoms with van der Waals surface area (Å²) in [4.78, 5) is 0. The Morgan fingerprint density at radius 2 is 2.06 bits per heavy atom. The van der Waals surface area contributed by atoms with Gasteiger partial charge in [0.05, 0.1) is 5.56 Å². The van der Waals surface area contributed by atoms with Crippen LogP contribution in [0, 0.1) is 18.3 Å². The SMILES string of the molecule is Cc1ccc(COc2ccccc2C#N)o1. The molecule has 0 aliphatic carbocycles. The minimum Gasteiger partial charge on any atom is -0.484 e. The van der Waals surface area contributed by atoms with E-state index in [0.29, 0.717) is 17.9 Å². The van der Waals surface area contributed by atoms with Crippen LogP contribution in [0.1, 0.15) is 17.1 Å². The minimum atomic E-state index is 0.340. The highest BCUT2D eigenvalue weighted by Crippen LogP contribution is 2.18. The van der Waals surface area contributed by atoms with E-state index in [9.17, 15) is 0 Å². The number of rotatable bonds is 3. The monoisotopic (exact) mass is 213 g/mol. The van der Waals surface area contributed by atoms with Crippen molar-refractivity contribution in [3.63, 3.8) is 0 Å². The number of benzene rings is 1. The van der Waals surface area contributed by atoms with Crippen molar-refractivity contribution in [1.82, 2.24) is 0 Å². The quantitative estimate of drug-likeness (QED) is 0.787. The normalized spacial score (nSPS) is 9.75. The molecule has 2 rings (SSSR count). The predicted molar refractivity (Wildman–Crippen MR) is 58.9 cm³/mol. The Labute approximate surface area is 93.9 Å². The molecule has 3 nitrogen and oxygen atoms in total. The smallest absolute Gasteiger partial charge is 0.146 e. The molecule has 1 heterocycles. The molecule has 3 heteroatoms. The lowest BCUT2D eigenvalue weighted by Gasteiger charge is -2.05. The summed E-state index contributed by atoms with van der Waals surface area (Å²) in [5.74, 6) is 2.19. The highest BCUT2D eigenvalue weighted by molar-refractivity contribution is 5.42.